The Balaban J connectivity index is 3.57. The second kappa shape index (κ2) is 55.6. The van der Waals surface area contributed by atoms with E-state index in [9.17, 15) is 14.7 Å². The lowest BCUT2D eigenvalue weighted by atomic mass is 10.0. The van der Waals surface area contributed by atoms with Crippen LogP contribution in [0.15, 0.2) is 122 Å². The molecule has 0 saturated carbocycles. The van der Waals surface area contributed by atoms with Gasteiger partial charge in [-0.3, -0.25) is 9.59 Å². The molecule has 0 saturated heterocycles. The summed E-state index contributed by atoms with van der Waals surface area (Å²) in [6, 6.07) is 0. The first-order valence-electron chi connectivity index (χ1n) is 27.1. The van der Waals surface area contributed by atoms with Crippen molar-refractivity contribution in [3.05, 3.63) is 122 Å². The first kappa shape index (κ1) is 62.3. The number of carbonyl (C=O) groups excluding carboxylic acids is 2. The van der Waals surface area contributed by atoms with Crippen LogP contribution in [0, 0.1) is 0 Å². The minimum absolute atomic E-state index is 0.0759. The Bertz CT molecular complexity index is 1350. The number of carbonyl (C=O) groups is 2. The normalized spacial score (nSPS) is 13.2. The molecule has 66 heavy (non-hydrogen) atoms. The van der Waals surface area contributed by atoms with Crippen LogP contribution in [0.25, 0.3) is 0 Å². The molecule has 374 valence electrons. The summed E-state index contributed by atoms with van der Waals surface area (Å²) in [5.41, 5.74) is 0. The van der Waals surface area contributed by atoms with E-state index < -0.39 is 6.10 Å². The number of unbranched alkanes of at least 4 members (excludes halogenated alkanes) is 20. The highest BCUT2D eigenvalue weighted by atomic mass is 16.6. The molecule has 0 radical (unpaired) electrons. The fraction of sp³-hybridized carbons (Fsp3) is 0.639. The van der Waals surface area contributed by atoms with Gasteiger partial charge in [-0.2, -0.15) is 0 Å². The van der Waals surface area contributed by atoms with E-state index in [4.69, 9.17) is 9.47 Å². The summed E-state index contributed by atoms with van der Waals surface area (Å²) in [5.74, 6) is -0.609. The van der Waals surface area contributed by atoms with Crippen molar-refractivity contribution < 1.29 is 24.2 Å². The van der Waals surface area contributed by atoms with Crippen LogP contribution in [0.3, 0.4) is 0 Å². The van der Waals surface area contributed by atoms with Gasteiger partial charge >= 0.3 is 11.9 Å². The van der Waals surface area contributed by atoms with Crippen LogP contribution in [0.4, 0.5) is 0 Å². The third kappa shape index (κ3) is 52.9. The van der Waals surface area contributed by atoms with E-state index in [1.54, 1.807) is 0 Å². The maximum Gasteiger partial charge on any atom is 0.306 e. The Morgan fingerprint density at radius 2 is 0.652 bits per heavy atom. The van der Waals surface area contributed by atoms with Gasteiger partial charge in [0, 0.05) is 12.8 Å². The molecule has 0 aromatic carbocycles. The van der Waals surface area contributed by atoms with E-state index in [0.717, 1.165) is 103 Å². The van der Waals surface area contributed by atoms with Crippen LogP contribution in [0.1, 0.15) is 232 Å². The molecule has 1 unspecified atom stereocenters. The van der Waals surface area contributed by atoms with E-state index in [0.29, 0.717) is 12.8 Å². The summed E-state index contributed by atoms with van der Waals surface area (Å²) >= 11 is 0. The highest BCUT2D eigenvalue weighted by molar-refractivity contribution is 5.70. The van der Waals surface area contributed by atoms with Gasteiger partial charge in [0.1, 0.15) is 6.61 Å². The lowest BCUT2D eigenvalue weighted by molar-refractivity contribution is -0.161. The summed E-state index contributed by atoms with van der Waals surface area (Å²) in [7, 11) is 0. The number of esters is 2. The SMILES string of the molecule is CC/C=C\C/C=C\C/C=C\C/C=C\C/C=C\C/C=C\C/C=C\C/C=C\C/C=C\CCCCCCCCCCCCCC(=O)OC(CO)COC(=O)CCCCCCC/C=C\CCCCCC. The molecule has 0 aromatic heterocycles. The number of ether oxygens (including phenoxy) is 2. The van der Waals surface area contributed by atoms with Crippen molar-refractivity contribution in [2.24, 2.45) is 0 Å². The van der Waals surface area contributed by atoms with Gasteiger partial charge in [0.05, 0.1) is 6.61 Å². The minimum Gasteiger partial charge on any atom is -0.462 e. The average Bonchev–Trinajstić information content (AvgIpc) is 3.32. The molecule has 0 aromatic rings. The van der Waals surface area contributed by atoms with Crippen molar-refractivity contribution in [3.8, 4) is 0 Å². The maximum atomic E-state index is 12.3. The second-order valence-electron chi connectivity index (χ2n) is 17.6. The predicted octanol–water partition coefficient (Wildman–Crippen LogP) is 18.3. The molecule has 0 amide bonds. The highest BCUT2D eigenvalue weighted by Gasteiger charge is 2.16. The maximum absolute atomic E-state index is 12.3. The van der Waals surface area contributed by atoms with Crippen LogP contribution in [-0.2, 0) is 19.1 Å². The summed E-state index contributed by atoms with van der Waals surface area (Å²) in [6.07, 6.45) is 81.6. The van der Waals surface area contributed by atoms with E-state index in [1.807, 2.05) is 0 Å². The van der Waals surface area contributed by atoms with Gasteiger partial charge in [0.15, 0.2) is 6.10 Å². The zero-order chi connectivity index (χ0) is 47.7. The van der Waals surface area contributed by atoms with Crippen LogP contribution >= 0.6 is 0 Å². The smallest absolute Gasteiger partial charge is 0.306 e. The van der Waals surface area contributed by atoms with Crippen molar-refractivity contribution in [2.45, 2.75) is 238 Å². The molecular weight excluding hydrogens is 813 g/mol. The summed E-state index contributed by atoms with van der Waals surface area (Å²) in [4.78, 5) is 24.4. The van der Waals surface area contributed by atoms with Crippen molar-refractivity contribution >= 4 is 11.9 Å². The molecule has 0 bridgehead atoms. The number of aliphatic hydroxyl groups excluding tert-OH is 1. The van der Waals surface area contributed by atoms with Crippen LogP contribution in [0.5, 0.6) is 0 Å². The fourth-order valence-electron chi connectivity index (χ4n) is 7.19. The lowest BCUT2D eigenvalue weighted by Crippen LogP contribution is -2.28. The molecule has 0 aliphatic rings. The predicted molar refractivity (Wildman–Crippen MR) is 288 cm³/mol. The monoisotopic (exact) mass is 913 g/mol. The number of rotatable bonds is 48. The van der Waals surface area contributed by atoms with Crippen molar-refractivity contribution in [3.63, 3.8) is 0 Å². The molecule has 0 aliphatic heterocycles. The lowest BCUT2D eigenvalue weighted by Gasteiger charge is -2.15. The average molecular weight is 913 g/mol. The summed E-state index contributed by atoms with van der Waals surface area (Å²) < 4.78 is 10.6. The molecule has 1 N–H and O–H groups in total. The van der Waals surface area contributed by atoms with Crippen LogP contribution < -0.4 is 0 Å². The molecule has 0 aliphatic carbocycles. The number of allylic oxidation sites excluding steroid dienone is 20. The number of aliphatic hydroxyl groups is 1. The Labute approximate surface area is 407 Å². The van der Waals surface area contributed by atoms with Crippen molar-refractivity contribution in [2.75, 3.05) is 13.2 Å². The quantitative estimate of drug-likeness (QED) is 0.0374. The third-order valence-electron chi connectivity index (χ3n) is 11.2. The Morgan fingerprint density at radius 1 is 0.364 bits per heavy atom. The van der Waals surface area contributed by atoms with Gasteiger partial charge in [-0.05, 0) is 109 Å². The first-order chi connectivity index (χ1) is 32.6. The summed E-state index contributed by atoms with van der Waals surface area (Å²) in [6.45, 7) is 3.99. The Kier molecular flexibility index (Phi) is 52.5. The zero-order valence-electron chi connectivity index (χ0n) is 42.7. The molecular formula is C61H100O5. The van der Waals surface area contributed by atoms with Gasteiger partial charge in [-0.25, -0.2) is 0 Å². The number of hydrogen-bond acceptors (Lipinski definition) is 5. The molecule has 0 fully saturated rings. The third-order valence-corrected chi connectivity index (χ3v) is 11.2. The molecule has 1 atom stereocenters. The molecule has 5 heteroatoms. The zero-order valence-corrected chi connectivity index (χ0v) is 42.7. The molecule has 5 nitrogen and oxygen atoms in total. The van der Waals surface area contributed by atoms with Gasteiger partial charge in [-0.1, -0.05) is 232 Å². The van der Waals surface area contributed by atoms with Gasteiger partial charge in [0.25, 0.3) is 0 Å². The summed E-state index contributed by atoms with van der Waals surface area (Å²) in [5, 5.41) is 9.61. The van der Waals surface area contributed by atoms with Crippen molar-refractivity contribution in [1.29, 1.82) is 0 Å². The first-order valence-corrected chi connectivity index (χ1v) is 27.1. The largest absolute Gasteiger partial charge is 0.462 e. The van der Waals surface area contributed by atoms with Gasteiger partial charge in [-0.15, -0.1) is 0 Å². The van der Waals surface area contributed by atoms with E-state index in [1.165, 1.54) is 103 Å². The van der Waals surface area contributed by atoms with E-state index in [-0.39, 0.29) is 25.2 Å². The van der Waals surface area contributed by atoms with Crippen molar-refractivity contribution in [1.82, 2.24) is 0 Å². The topological polar surface area (TPSA) is 72.8 Å². The van der Waals surface area contributed by atoms with E-state index in [2.05, 4.69) is 135 Å². The van der Waals surface area contributed by atoms with Crippen LogP contribution in [0.2, 0.25) is 0 Å². The Hall–Kier alpha value is -3.70. The van der Waals surface area contributed by atoms with Gasteiger partial charge < -0.3 is 14.6 Å². The second-order valence-corrected chi connectivity index (χ2v) is 17.6. The molecule has 0 rings (SSSR count). The Morgan fingerprint density at radius 3 is 1.00 bits per heavy atom. The fourth-order valence-corrected chi connectivity index (χ4v) is 7.19. The van der Waals surface area contributed by atoms with Crippen LogP contribution in [-0.4, -0.2) is 36.4 Å². The number of hydrogen-bond donors (Lipinski definition) is 1. The molecule has 0 heterocycles. The van der Waals surface area contributed by atoms with E-state index >= 15 is 0 Å². The minimum atomic E-state index is -0.783. The van der Waals surface area contributed by atoms with Gasteiger partial charge in [0.2, 0.25) is 0 Å². The highest BCUT2D eigenvalue weighted by Crippen LogP contribution is 2.14. The standard InChI is InChI=1S/C61H100O5/c1-3-5-7-9-11-13-15-17-18-19-20-21-22-23-24-25-26-27-28-29-30-31-32-33-34-35-36-37-38-39-40-41-42-44-46-48-50-52-54-56-61(64)66-59(57-62)58-65-60(63)55-53-51-49-47-45-43-16-14-12-10-8-6-4-2/h5,7,11,13-14,16-18,20-21,23-24,26-27,29-30,32-33,35-36,59,62H,3-4,6,8-10,12,15,19,22,25,28,31,34,37-58H2,1-2H3/b7-5-,13-11-,16-14-,18-17-,21-20-,24-23-,27-26-,30-29-,33-32-,36-35-. The molecule has 0 spiro atoms.